The molecule has 0 saturated carbocycles. The van der Waals surface area contributed by atoms with Crippen molar-refractivity contribution in [3.63, 3.8) is 0 Å². The van der Waals surface area contributed by atoms with E-state index < -0.39 is 0 Å². The van der Waals surface area contributed by atoms with Gasteiger partial charge in [-0.3, -0.25) is 9.36 Å². The van der Waals surface area contributed by atoms with Crippen LogP contribution in [0, 0.1) is 5.82 Å². The molecular formula is C22H22FN3O2. The summed E-state index contributed by atoms with van der Waals surface area (Å²) in [6, 6.07) is 13.4. The lowest BCUT2D eigenvalue weighted by Crippen LogP contribution is -2.30. The van der Waals surface area contributed by atoms with Crippen LogP contribution in [0.25, 0.3) is 11.0 Å². The third-order valence-corrected chi connectivity index (χ3v) is 5.20. The molecule has 1 atom stereocenters. The molecule has 4 rings (SSSR count). The molecule has 6 heteroatoms. The maximum absolute atomic E-state index is 12.9. The number of nitrogens with one attached hydrogen (secondary N) is 1. The lowest BCUT2D eigenvalue weighted by atomic mass is 10.1. The summed E-state index contributed by atoms with van der Waals surface area (Å²) < 4.78 is 14.7. The van der Waals surface area contributed by atoms with Gasteiger partial charge in [0.05, 0.1) is 17.1 Å². The summed E-state index contributed by atoms with van der Waals surface area (Å²) in [5, 5.41) is 0. The van der Waals surface area contributed by atoms with Crippen LogP contribution in [-0.4, -0.2) is 33.3 Å². The molecule has 144 valence electrons. The van der Waals surface area contributed by atoms with E-state index in [1.165, 1.54) is 24.3 Å². The van der Waals surface area contributed by atoms with Gasteiger partial charge in [-0.1, -0.05) is 12.1 Å². The van der Waals surface area contributed by atoms with Crippen LogP contribution >= 0.6 is 0 Å². The highest BCUT2D eigenvalue weighted by atomic mass is 19.1. The van der Waals surface area contributed by atoms with Crippen molar-refractivity contribution in [3.8, 4) is 0 Å². The van der Waals surface area contributed by atoms with E-state index in [-0.39, 0.29) is 23.3 Å². The van der Waals surface area contributed by atoms with Crippen molar-refractivity contribution in [1.82, 2.24) is 14.5 Å². The van der Waals surface area contributed by atoms with E-state index in [1.54, 1.807) is 4.57 Å². The molecule has 1 N–H and O–H groups in total. The Balaban J connectivity index is 1.34. The molecule has 3 aromatic rings. The highest BCUT2D eigenvalue weighted by molar-refractivity contribution is 5.95. The van der Waals surface area contributed by atoms with Gasteiger partial charge in [0, 0.05) is 25.1 Å². The van der Waals surface area contributed by atoms with Crippen LogP contribution in [0.2, 0.25) is 0 Å². The summed E-state index contributed by atoms with van der Waals surface area (Å²) in [5.74, 6) is -0.303. The second-order valence-corrected chi connectivity index (χ2v) is 7.08. The van der Waals surface area contributed by atoms with Gasteiger partial charge in [0.25, 0.3) is 0 Å². The van der Waals surface area contributed by atoms with Crippen LogP contribution in [0.15, 0.2) is 65.6 Å². The van der Waals surface area contributed by atoms with Crippen molar-refractivity contribution in [1.29, 1.82) is 0 Å². The molecule has 0 fully saturated rings. The highest BCUT2D eigenvalue weighted by Gasteiger charge is 2.19. The number of Topliss-reactive ketones (excluding diaryl/α,β-unsaturated/α-hetero) is 1. The molecule has 2 aromatic carbocycles. The van der Waals surface area contributed by atoms with Crippen molar-refractivity contribution in [2.75, 3.05) is 13.1 Å². The van der Waals surface area contributed by atoms with Crippen LogP contribution in [0.5, 0.6) is 0 Å². The minimum atomic E-state index is -0.334. The minimum Gasteiger partial charge on any atom is -0.377 e. The number of aromatic amines is 1. The number of H-pyrrole nitrogens is 1. The van der Waals surface area contributed by atoms with Gasteiger partial charge in [-0.2, -0.15) is 0 Å². The van der Waals surface area contributed by atoms with E-state index in [9.17, 15) is 14.0 Å². The van der Waals surface area contributed by atoms with Crippen LogP contribution in [0.4, 0.5) is 4.39 Å². The van der Waals surface area contributed by atoms with Crippen LogP contribution in [-0.2, 0) is 0 Å². The zero-order valence-electron chi connectivity index (χ0n) is 15.5. The first-order chi connectivity index (χ1) is 13.6. The Kier molecular flexibility index (Phi) is 5.10. The van der Waals surface area contributed by atoms with Crippen molar-refractivity contribution in [2.45, 2.75) is 25.3 Å². The Morgan fingerprint density at radius 2 is 1.93 bits per heavy atom. The van der Waals surface area contributed by atoms with Gasteiger partial charge in [-0.25, -0.2) is 9.18 Å². The average Bonchev–Trinajstić information content (AvgIpc) is 3.05. The van der Waals surface area contributed by atoms with Gasteiger partial charge in [-0.05, 0) is 61.5 Å². The second kappa shape index (κ2) is 7.84. The monoisotopic (exact) mass is 379 g/mol. The summed E-state index contributed by atoms with van der Waals surface area (Å²) >= 11 is 0. The normalized spacial score (nSPS) is 16.6. The number of imidazole rings is 1. The zero-order chi connectivity index (χ0) is 19.5. The minimum absolute atomic E-state index is 0.0285. The third kappa shape index (κ3) is 3.76. The van der Waals surface area contributed by atoms with Gasteiger partial charge in [0.1, 0.15) is 5.82 Å². The molecule has 1 aliphatic rings. The number of fused-ring (bicyclic) bond motifs is 1. The molecular weight excluding hydrogens is 357 g/mol. The first-order valence-corrected chi connectivity index (χ1v) is 9.52. The SMILES string of the molecule is O=C(CCCN1C=C[C@@H](n2c(=O)[nH]c3ccccc32)CC1)c1ccc(F)cc1. The summed E-state index contributed by atoms with van der Waals surface area (Å²) in [4.78, 5) is 29.6. The summed E-state index contributed by atoms with van der Waals surface area (Å²) in [7, 11) is 0. The quantitative estimate of drug-likeness (QED) is 0.661. The van der Waals surface area contributed by atoms with E-state index >= 15 is 0 Å². The fraction of sp³-hybridized carbons (Fsp3) is 0.273. The molecule has 0 spiro atoms. The number of benzene rings is 2. The second-order valence-electron chi connectivity index (χ2n) is 7.08. The number of hydrogen-bond donors (Lipinski definition) is 1. The Labute approximate surface area is 162 Å². The largest absolute Gasteiger partial charge is 0.377 e. The number of allylic oxidation sites excluding steroid dienone is 1. The smallest absolute Gasteiger partial charge is 0.327 e. The van der Waals surface area contributed by atoms with Gasteiger partial charge in [0.2, 0.25) is 0 Å². The number of carbonyl (C=O) groups excluding carboxylic acids is 1. The summed E-state index contributed by atoms with van der Waals surface area (Å²) in [6.07, 6.45) is 6.07. The van der Waals surface area contributed by atoms with E-state index in [0.717, 1.165) is 37.0 Å². The number of nitrogens with zero attached hydrogens (tertiary/aromatic N) is 2. The van der Waals surface area contributed by atoms with E-state index in [4.69, 9.17) is 0 Å². The molecule has 0 saturated heterocycles. The number of para-hydroxylation sites is 2. The van der Waals surface area contributed by atoms with E-state index in [2.05, 4.69) is 9.88 Å². The topological polar surface area (TPSA) is 58.1 Å². The number of hydrogen-bond acceptors (Lipinski definition) is 3. The molecule has 2 heterocycles. The maximum Gasteiger partial charge on any atom is 0.327 e. The van der Waals surface area contributed by atoms with Gasteiger partial charge in [-0.15, -0.1) is 0 Å². The molecule has 0 radical (unpaired) electrons. The lowest BCUT2D eigenvalue weighted by Gasteiger charge is -2.28. The number of rotatable bonds is 6. The molecule has 0 unspecified atom stereocenters. The van der Waals surface area contributed by atoms with Crippen molar-refractivity contribution in [3.05, 3.63) is 82.7 Å². The van der Waals surface area contributed by atoms with E-state index in [0.29, 0.717) is 12.0 Å². The Bertz CT molecular complexity index is 1070. The molecule has 0 aliphatic carbocycles. The third-order valence-electron chi connectivity index (χ3n) is 5.20. The lowest BCUT2D eigenvalue weighted by molar-refractivity contribution is 0.0976. The van der Waals surface area contributed by atoms with Crippen LogP contribution < -0.4 is 5.69 Å². The van der Waals surface area contributed by atoms with Gasteiger partial charge < -0.3 is 9.88 Å². The summed E-state index contributed by atoms with van der Waals surface area (Å²) in [6.45, 7) is 1.61. The molecule has 1 aromatic heterocycles. The van der Waals surface area contributed by atoms with E-state index in [1.807, 2.05) is 36.5 Å². The Morgan fingerprint density at radius 1 is 1.14 bits per heavy atom. The summed E-state index contributed by atoms with van der Waals surface area (Å²) in [5.41, 5.74) is 2.23. The number of carbonyl (C=O) groups is 1. The number of aromatic nitrogens is 2. The van der Waals surface area contributed by atoms with Crippen molar-refractivity contribution >= 4 is 16.8 Å². The molecule has 0 bridgehead atoms. The standard InChI is InChI=1S/C22H22FN3O2/c23-17-9-7-16(8-10-17)21(27)6-3-13-25-14-11-18(12-15-25)26-20-5-2-1-4-19(20)24-22(26)28/h1-2,4-5,7-11,14,18H,3,6,12-13,15H2,(H,24,28)/t18-/m1/s1. The first-order valence-electron chi connectivity index (χ1n) is 9.52. The van der Waals surface area contributed by atoms with Gasteiger partial charge >= 0.3 is 5.69 Å². The zero-order valence-corrected chi connectivity index (χ0v) is 15.5. The predicted molar refractivity (Wildman–Crippen MR) is 107 cm³/mol. The predicted octanol–water partition coefficient (Wildman–Crippen LogP) is 3.89. The first kappa shape index (κ1) is 18.2. The molecule has 28 heavy (non-hydrogen) atoms. The van der Waals surface area contributed by atoms with Crippen LogP contribution in [0.1, 0.15) is 35.7 Å². The van der Waals surface area contributed by atoms with Crippen molar-refractivity contribution < 1.29 is 9.18 Å². The average molecular weight is 379 g/mol. The van der Waals surface area contributed by atoms with Crippen molar-refractivity contribution in [2.24, 2.45) is 0 Å². The van der Waals surface area contributed by atoms with Crippen LogP contribution in [0.3, 0.4) is 0 Å². The fourth-order valence-corrected chi connectivity index (χ4v) is 3.72. The Morgan fingerprint density at radius 3 is 2.68 bits per heavy atom. The Hall–Kier alpha value is -3.15. The molecule has 0 amide bonds. The van der Waals surface area contributed by atoms with Gasteiger partial charge in [0.15, 0.2) is 5.78 Å². The molecule has 1 aliphatic heterocycles. The highest BCUT2D eigenvalue weighted by Crippen LogP contribution is 2.22. The fourth-order valence-electron chi connectivity index (χ4n) is 3.72. The number of halogens is 1. The maximum atomic E-state index is 12.9. The number of ketones is 1. The molecule has 5 nitrogen and oxygen atoms in total.